The summed E-state index contributed by atoms with van der Waals surface area (Å²) in [4.78, 5) is 23.0. The number of rotatable bonds is 7. The Morgan fingerprint density at radius 1 is 0.971 bits per heavy atom. The highest BCUT2D eigenvalue weighted by atomic mass is 32.2. The van der Waals surface area contributed by atoms with Gasteiger partial charge in [-0.25, -0.2) is 9.97 Å². The van der Waals surface area contributed by atoms with Gasteiger partial charge in [-0.3, -0.25) is 9.36 Å². The lowest BCUT2D eigenvalue weighted by Gasteiger charge is -2.13. The van der Waals surface area contributed by atoms with Crippen LogP contribution in [0.1, 0.15) is 22.6 Å². The van der Waals surface area contributed by atoms with Gasteiger partial charge in [0.25, 0.3) is 5.56 Å². The van der Waals surface area contributed by atoms with Crippen LogP contribution < -0.4 is 10.3 Å². The molecule has 5 rings (SSSR count). The summed E-state index contributed by atoms with van der Waals surface area (Å²) in [5.41, 5.74) is 4.49. The maximum absolute atomic E-state index is 13.5. The first-order chi connectivity index (χ1) is 17.0. The number of fused-ring (bicyclic) bond motifs is 1. The lowest BCUT2D eigenvalue weighted by atomic mass is 10.1. The average molecular weight is 484 g/mol. The molecule has 0 saturated carbocycles. The zero-order valence-electron chi connectivity index (χ0n) is 19.8. The fraction of sp³-hybridized carbons (Fsp3) is 0.179. The maximum Gasteiger partial charge on any atom is 0.262 e. The summed E-state index contributed by atoms with van der Waals surface area (Å²) in [6.07, 6.45) is 0. The number of oxazole rings is 1. The number of methoxy groups -OCH3 is 1. The fourth-order valence-corrected chi connectivity index (χ4v) is 4.97. The molecule has 0 radical (unpaired) electrons. The molecule has 2 heterocycles. The molecule has 0 aliphatic rings. The Bertz CT molecular complexity index is 1570. The van der Waals surface area contributed by atoms with Crippen LogP contribution in [0.3, 0.4) is 0 Å². The van der Waals surface area contributed by atoms with Crippen LogP contribution in [0.5, 0.6) is 5.75 Å². The molecule has 0 amide bonds. The van der Waals surface area contributed by atoms with E-state index in [9.17, 15) is 4.79 Å². The highest BCUT2D eigenvalue weighted by molar-refractivity contribution is 7.98. The van der Waals surface area contributed by atoms with E-state index >= 15 is 0 Å². The molecule has 7 heteroatoms. The van der Waals surface area contributed by atoms with Crippen LogP contribution in [0, 0.1) is 13.8 Å². The quantitative estimate of drug-likeness (QED) is 0.208. The van der Waals surface area contributed by atoms with Crippen LogP contribution in [-0.4, -0.2) is 21.6 Å². The van der Waals surface area contributed by atoms with Gasteiger partial charge in [-0.15, -0.1) is 0 Å². The normalized spacial score (nSPS) is 11.2. The molecule has 0 spiro atoms. The minimum absolute atomic E-state index is 0.0709. The highest BCUT2D eigenvalue weighted by Crippen LogP contribution is 2.29. The molecular formula is C28H25N3O3S. The van der Waals surface area contributed by atoms with E-state index < -0.39 is 0 Å². The second kappa shape index (κ2) is 9.80. The Morgan fingerprint density at radius 2 is 1.77 bits per heavy atom. The summed E-state index contributed by atoms with van der Waals surface area (Å²) in [5.74, 6) is 2.65. The lowest BCUT2D eigenvalue weighted by Crippen LogP contribution is -2.24. The molecule has 0 atom stereocenters. The van der Waals surface area contributed by atoms with Crippen LogP contribution in [0.2, 0.25) is 0 Å². The Kier molecular flexibility index (Phi) is 6.42. The first-order valence-corrected chi connectivity index (χ1v) is 12.3. The van der Waals surface area contributed by atoms with Crippen molar-refractivity contribution in [3.8, 4) is 17.2 Å². The number of aromatic nitrogens is 3. The van der Waals surface area contributed by atoms with Crippen LogP contribution in [-0.2, 0) is 12.3 Å². The smallest absolute Gasteiger partial charge is 0.262 e. The number of hydrogen-bond donors (Lipinski definition) is 0. The summed E-state index contributed by atoms with van der Waals surface area (Å²) in [6.45, 7) is 4.35. The topological polar surface area (TPSA) is 70.2 Å². The van der Waals surface area contributed by atoms with Gasteiger partial charge in [0.15, 0.2) is 5.16 Å². The zero-order chi connectivity index (χ0) is 24.4. The van der Waals surface area contributed by atoms with Crippen molar-refractivity contribution in [2.75, 3.05) is 7.11 Å². The van der Waals surface area contributed by atoms with E-state index in [1.807, 2.05) is 86.6 Å². The second-order valence-corrected chi connectivity index (χ2v) is 9.22. The fourth-order valence-electron chi connectivity index (χ4n) is 3.97. The van der Waals surface area contributed by atoms with Crippen LogP contribution in [0.15, 0.2) is 87.2 Å². The number of hydrogen-bond acceptors (Lipinski definition) is 6. The Hall–Kier alpha value is -3.84. The molecule has 6 nitrogen and oxygen atoms in total. The van der Waals surface area contributed by atoms with E-state index in [-0.39, 0.29) is 5.56 Å². The average Bonchev–Trinajstić information content (AvgIpc) is 3.25. The van der Waals surface area contributed by atoms with Crippen LogP contribution in [0.4, 0.5) is 0 Å². The van der Waals surface area contributed by atoms with Crippen molar-refractivity contribution < 1.29 is 9.15 Å². The second-order valence-electron chi connectivity index (χ2n) is 8.28. The first kappa shape index (κ1) is 22.9. The van der Waals surface area contributed by atoms with Crippen molar-refractivity contribution in [3.63, 3.8) is 0 Å². The van der Waals surface area contributed by atoms with Gasteiger partial charge < -0.3 is 9.15 Å². The summed E-state index contributed by atoms with van der Waals surface area (Å²) in [7, 11) is 1.63. The number of para-hydroxylation sites is 1. The largest absolute Gasteiger partial charge is 0.497 e. The molecule has 5 aromatic rings. The van der Waals surface area contributed by atoms with Crippen molar-refractivity contribution in [1.29, 1.82) is 0 Å². The predicted octanol–water partition coefficient (Wildman–Crippen LogP) is 6.02. The zero-order valence-corrected chi connectivity index (χ0v) is 20.6. The molecule has 176 valence electrons. The highest BCUT2D eigenvalue weighted by Gasteiger charge is 2.17. The molecule has 0 aliphatic heterocycles. The number of thioether (sulfide) groups is 1. The van der Waals surface area contributed by atoms with Gasteiger partial charge in [-0.1, -0.05) is 54.2 Å². The predicted molar refractivity (Wildman–Crippen MR) is 139 cm³/mol. The van der Waals surface area contributed by atoms with E-state index in [2.05, 4.69) is 0 Å². The van der Waals surface area contributed by atoms with Gasteiger partial charge in [0.05, 0.1) is 30.3 Å². The summed E-state index contributed by atoms with van der Waals surface area (Å²) in [5, 5.41) is 1.23. The van der Waals surface area contributed by atoms with Crippen molar-refractivity contribution in [2.24, 2.45) is 0 Å². The van der Waals surface area contributed by atoms with Gasteiger partial charge in [-0.05, 0) is 55.3 Å². The number of nitrogens with zero attached hydrogens (tertiary/aromatic N) is 3. The molecule has 0 unspecified atom stereocenters. The third-order valence-electron chi connectivity index (χ3n) is 5.91. The Morgan fingerprint density at radius 3 is 2.60 bits per heavy atom. The molecule has 0 N–H and O–H groups in total. The van der Waals surface area contributed by atoms with Gasteiger partial charge in [0.2, 0.25) is 5.89 Å². The van der Waals surface area contributed by atoms with E-state index in [0.29, 0.717) is 34.2 Å². The van der Waals surface area contributed by atoms with Gasteiger partial charge in [0.1, 0.15) is 11.5 Å². The molecule has 0 saturated heterocycles. The summed E-state index contributed by atoms with van der Waals surface area (Å²) >= 11 is 1.48. The third kappa shape index (κ3) is 4.72. The van der Waals surface area contributed by atoms with Crippen molar-refractivity contribution in [2.45, 2.75) is 31.3 Å². The summed E-state index contributed by atoms with van der Waals surface area (Å²) < 4.78 is 13.1. The molecule has 3 aromatic carbocycles. The minimum atomic E-state index is -0.0709. The molecule has 2 aromatic heterocycles. The molecule has 0 fully saturated rings. The standard InChI is InChI=1S/C28H25N3O3S/c1-18-9-4-5-12-22(18)26-29-25(19(2)34-26)17-35-28-30-24-14-7-6-13-23(24)27(32)31(28)16-20-10-8-11-21(15-20)33-3/h4-15H,16-17H2,1-3H3. The maximum atomic E-state index is 13.5. The van der Waals surface area contributed by atoms with Crippen LogP contribution in [0.25, 0.3) is 22.4 Å². The SMILES string of the molecule is COc1cccc(Cn2c(SCc3nc(-c4ccccc4C)oc3C)nc3ccccc3c2=O)c1. The van der Waals surface area contributed by atoms with Gasteiger partial charge in [0, 0.05) is 11.3 Å². The number of ether oxygens (including phenoxy) is 1. The lowest BCUT2D eigenvalue weighted by molar-refractivity contribution is 0.414. The molecule has 35 heavy (non-hydrogen) atoms. The van der Waals surface area contributed by atoms with E-state index in [0.717, 1.165) is 33.9 Å². The summed E-state index contributed by atoms with van der Waals surface area (Å²) in [6, 6.07) is 23.2. The third-order valence-corrected chi connectivity index (χ3v) is 6.90. The van der Waals surface area contributed by atoms with E-state index in [1.54, 1.807) is 11.7 Å². The van der Waals surface area contributed by atoms with Crippen molar-refractivity contribution in [3.05, 3.63) is 106 Å². The van der Waals surface area contributed by atoms with Gasteiger partial charge in [-0.2, -0.15) is 0 Å². The molecular weight excluding hydrogens is 458 g/mol. The first-order valence-electron chi connectivity index (χ1n) is 11.3. The van der Waals surface area contributed by atoms with Gasteiger partial charge >= 0.3 is 0 Å². The van der Waals surface area contributed by atoms with Crippen molar-refractivity contribution >= 4 is 22.7 Å². The number of aryl methyl sites for hydroxylation is 2. The number of benzene rings is 3. The molecule has 0 bridgehead atoms. The van der Waals surface area contributed by atoms with Crippen LogP contribution >= 0.6 is 11.8 Å². The Balaban J connectivity index is 1.50. The van der Waals surface area contributed by atoms with E-state index in [1.165, 1.54) is 11.8 Å². The van der Waals surface area contributed by atoms with E-state index in [4.69, 9.17) is 19.1 Å². The monoisotopic (exact) mass is 483 g/mol. The Labute approximate surface area is 207 Å². The molecule has 0 aliphatic carbocycles. The van der Waals surface area contributed by atoms with Crippen molar-refractivity contribution in [1.82, 2.24) is 14.5 Å². The minimum Gasteiger partial charge on any atom is -0.497 e.